The second kappa shape index (κ2) is 10.8. The number of aromatic nitrogens is 1. The monoisotopic (exact) mass is 516 g/mol. The number of aryl methyl sites for hydroxylation is 1. The van der Waals surface area contributed by atoms with E-state index in [1.54, 1.807) is 44.7 Å². The van der Waals surface area contributed by atoms with Gasteiger partial charge < -0.3 is 24.1 Å². The van der Waals surface area contributed by atoms with E-state index < -0.39 is 0 Å². The minimum Gasteiger partial charge on any atom is -0.507 e. The Morgan fingerprint density at radius 2 is 1.89 bits per heavy atom. The van der Waals surface area contributed by atoms with Crippen LogP contribution in [0.5, 0.6) is 28.7 Å². The zero-order valence-corrected chi connectivity index (χ0v) is 22.1. The number of hydrogen-bond donors (Lipinski definition) is 1. The van der Waals surface area contributed by atoms with Crippen molar-refractivity contribution in [3.05, 3.63) is 76.3 Å². The number of carbonyl (C=O) groups is 1. The first-order chi connectivity index (χ1) is 18.4. The van der Waals surface area contributed by atoms with Gasteiger partial charge in [0.1, 0.15) is 11.5 Å². The number of aromatic hydroxyl groups is 1. The maximum absolute atomic E-state index is 13.5. The molecular formula is C30H32N2O6. The number of carbonyl (C=O) groups excluding carboxylic acids is 1. The molecule has 8 heteroatoms. The van der Waals surface area contributed by atoms with Crippen molar-refractivity contribution in [2.75, 3.05) is 27.9 Å². The summed E-state index contributed by atoms with van der Waals surface area (Å²) in [6.07, 6.45) is 8.54. The Balaban J connectivity index is 1.51. The van der Waals surface area contributed by atoms with Crippen molar-refractivity contribution in [2.45, 2.75) is 38.8 Å². The van der Waals surface area contributed by atoms with Gasteiger partial charge in [0, 0.05) is 25.0 Å². The molecule has 0 unspecified atom stereocenters. The summed E-state index contributed by atoms with van der Waals surface area (Å²) >= 11 is 0. The molecule has 198 valence electrons. The van der Waals surface area contributed by atoms with Crippen LogP contribution in [0.15, 0.2) is 48.5 Å². The van der Waals surface area contributed by atoms with Gasteiger partial charge in [0.05, 0.1) is 32.5 Å². The highest BCUT2D eigenvalue weighted by molar-refractivity contribution is 6.16. The van der Waals surface area contributed by atoms with Crippen LogP contribution in [0.1, 0.15) is 57.9 Å². The second-order valence-corrected chi connectivity index (χ2v) is 9.56. The van der Waals surface area contributed by atoms with E-state index in [0.29, 0.717) is 51.8 Å². The van der Waals surface area contributed by atoms with Crippen molar-refractivity contribution in [2.24, 2.45) is 0 Å². The number of piperidine rings is 1. The van der Waals surface area contributed by atoms with Gasteiger partial charge in [0.15, 0.2) is 17.3 Å². The van der Waals surface area contributed by atoms with E-state index in [-0.39, 0.29) is 23.3 Å². The van der Waals surface area contributed by atoms with Crippen LogP contribution in [0, 0.1) is 6.92 Å². The van der Waals surface area contributed by atoms with E-state index in [1.807, 2.05) is 19.2 Å². The van der Waals surface area contributed by atoms with Gasteiger partial charge in [-0.2, -0.15) is 0 Å². The van der Waals surface area contributed by atoms with Gasteiger partial charge in [-0.05, 0) is 73.3 Å². The number of ketones is 1. The first kappa shape index (κ1) is 25.6. The number of Topliss-reactive ketones (excluding diaryl/α,β-unsaturated/α-hetero) is 1. The van der Waals surface area contributed by atoms with Crippen LogP contribution >= 0.6 is 0 Å². The number of fused-ring (bicyclic) bond motifs is 1. The fourth-order valence-corrected chi connectivity index (χ4v) is 5.40. The summed E-state index contributed by atoms with van der Waals surface area (Å²) in [7, 11) is 4.62. The Kier molecular flexibility index (Phi) is 7.24. The van der Waals surface area contributed by atoms with Crippen LogP contribution in [-0.2, 0) is 6.54 Å². The van der Waals surface area contributed by atoms with E-state index in [2.05, 4.69) is 16.0 Å². The number of phenolic OH excluding ortho intramolecular Hbond substituents is 1. The first-order valence-electron chi connectivity index (χ1n) is 12.7. The lowest BCUT2D eigenvalue weighted by molar-refractivity contribution is 0.101. The fraction of sp³-hybridized carbons (Fsp3) is 0.333. The lowest BCUT2D eigenvalue weighted by atomic mass is 9.94. The number of ether oxygens (including phenoxy) is 4. The molecule has 0 radical (unpaired) electrons. The van der Waals surface area contributed by atoms with Crippen molar-refractivity contribution >= 4 is 11.9 Å². The summed E-state index contributed by atoms with van der Waals surface area (Å²) < 4.78 is 22.5. The number of methoxy groups -OCH3 is 3. The van der Waals surface area contributed by atoms with Gasteiger partial charge in [0.25, 0.3) is 0 Å². The average molecular weight is 517 g/mol. The van der Waals surface area contributed by atoms with Crippen molar-refractivity contribution < 1.29 is 28.8 Å². The topological polar surface area (TPSA) is 90.4 Å². The molecule has 1 saturated heterocycles. The third-order valence-electron chi connectivity index (χ3n) is 7.25. The zero-order chi connectivity index (χ0) is 26.8. The largest absolute Gasteiger partial charge is 0.507 e. The van der Waals surface area contributed by atoms with E-state index in [0.717, 1.165) is 31.4 Å². The molecule has 2 aromatic carbocycles. The molecule has 0 spiro atoms. The number of likely N-dealkylation sites (tertiary alicyclic amines) is 1. The SMILES string of the molecule is COc1cc(/C=C2\Oc3c(CN4CCCC[C@H]4c4cccnc4)c(O)cc(C)c3C2=O)cc(OC)c1OC. The average Bonchev–Trinajstić information content (AvgIpc) is 3.26. The van der Waals surface area contributed by atoms with E-state index in [4.69, 9.17) is 18.9 Å². The highest BCUT2D eigenvalue weighted by Gasteiger charge is 2.35. The van der Waals surface area contributed by atoms with Gasteiger partial charge in [-0.25, -0.2) is 0 Å². The molecule has 0 saturated carbocycles. The number of rotatable bonds is 7. The summed E-state index contributed by atoms with van der Waals surface area (Å²) in [4.78, 5) is 20.1. The lowest BCUT2D eigenvalue weighted by Crippen LogP contribution is -2.33. The van der Waals surface area contributed by atoms with Crippen LogP contribution in [0.4, 0.5) is 0 Å². The van der Waals surface area contributed by atoms with Crippen molar-refractivity contribution in [1.29, 1.82) is 0 Å². The summed E-state index contributed by atoms with van der Waals surface area (Å²) in [6.45, 7) is 3.15. The summed E-state index contributed by atoms with van der Waals surface area (Å²) in [5.41, 5.74) is 3.57. The van der Waals surface area contributed by atoms with Gasteiger partial charge in [0.2, 0.25) is 11.5 Å². The second-order valence-electron chi connectivity index (χ2n) is 9.56. The Labute approximate surface area is 222 Å². The molecule has 1 atom stereocenters. The number of allylic oxidation sites excluding steroid dienone is 1. The maximum atomic E-state index is 13.5. The summed E-state index contributed by atoms with van der Waals surface area (Å²) in [6, 6.07) is 9.39. The van der Waals surface area contributed by atoms with Gasteiger partial charge in [-0.1, -0.05) is 12.5 Å². The minimum atomic E-state index is -0.227. The Hall–Kier alpha value is -4.04. The minimum absolute atomic E-state index is 0.124. The predicted octanol–water partition coefficient (Wildman–Crippen LogP) is 5.46. The summed E-state index contributed by atoms with van der Waals surface area (Å²) in [5.74, 6) is 1.90. The maximum Gasteiger partial charge on any atom is 0.232 e. The normalized spacial score (nSPS) is 18.3. The molecule has 3 aromatic rings. The Bertz CT molecular complexity index is 1360. The Morgan fingerprint density at radius 1 is 1.13 bits per heavy atom. The smallest absolute Gasteiger partial charge is 0.232 e. The third-order valence-corrected chi connectivity index (χ3v) is 7.25. The van der Waals surface area contributed by atoms with Crippen molar-refractivity contribution in [3.8, 4) is 28.7 Å². The van der Waals surface area contributed by atoms with Gasteiger partial charge in [-0.15, -0.1) is 0 Å². The molecule has 5 rings (SSSR count). The molecule has 8 nitrogen and oxygen atoms in total. The molecule has 0 amide bonds. The predicted molar refractivity (Wildman–Crippen MR) is 143 cm³/mol. The molecule has 0 aliphatic carbocycles. The molecule has 2 aliphatic heterocycles. The quantitative estimate of drug-likeness (QED) is 0.414. The van der Waals surface area contributed by atoms with Crippen LogP contribution in [-0.4, -0.2) is 48.6 Å². The third kappa shape index (κ3) is 4.67. The van der Waals surface area contributed by atoms with Crippen molar-refractivity contribution in [3.63, 3.8) is 0 Å². The number of phenols is 1. The Morgan fingerprint density at radius 3 is 2.55 bits per heavy atom. The van der Waals surface area contributed by atoms with Gasteiger partial charge in [-0.3, -0.25) is 14.7 Å². The number of benzene rings is 2. The molecule has 0 bridgehead atoms. The van der Waals surface area contributed by atoms with Crippen LogP contribution in [0.2, 0.25) is 0 Å². The highest BCUT2D eigenvalue weighted by Crippen LogP contribution is 2.45. The zero-order valence-electron chi connectivity index (χ0n) is 22.1. The molecule has 1 N–H and O–H groups in total. The fourth-order valence-electron chi connectivity index (χ4n) is 5.40. The molecule has 38 heavy (non-hydrogen) atoms. The molecule has 1 aromatic heterocycles. The summed E-state index contributed by atoms with van der Waals surface area (Å²) in [5, 5.41) is 11.0. The number of pyridine rings is 1. The van der Waals surface area contributed by atoms with E-state index in [9.17, 15) is 9.90 Å². The lowest BCUT2D eigenvalue weighted by Gasteiger charge is -2.36. The van der Waals surface area contributed by atoms with E-state index >= 15 is 0 Å². The first-order valence-corrected chi connectivity index (χ1v) is 12.7. The highest BCUT2D eigenvalue weighted by atomic mass is 16.5. The number of hydrogen-bond acceptors (Lipinski definition) is 8. The molecule has 2 aliphatic rings. The van der Waals surface area contributed by atoms with Crippen LogP contribution < -0.4 is 18.9 Å². The molecule has 3 heterocycles. The molecular weight excluding hydrogens is 484 g/mol. The van der Waals surface area contributed by atoms with Crippen molar-refractivity contribution in [1.82, 2.24) is 9.88 Å². The molecule has 1 fully saturated rings. The van der Waals surface area contributed by atoms with Crippen LogP contribution in [0.25, 0.3) is 6.08 Å². The van der Waals surface area contributed by atoms with E-state index in [1.165, 1.54) is 7.11 Å². The standard InChI is InChI=1S/C30H32N2O6/c1-18-12-23(33)21(17-32-11-6-5-9-22(32)20-8-7-10-31-16-20)29-27(18)28(34)24(38-29)13-19-14-25(35-2)30(37-4)26(15-19)36-3/h7-8,10,12-16,22,33H,5-6,9,11,17H2,1-4H3/b24-13-/t22-/m0/s1. The number of nitrogens with zero attached hydrogens (tertiary/aromatic N) is 2. The van der Waals surface area contributed by atoms with Gasteiger partial charge >= 0.3 is 0 Å². The van der Waals surface area contributed by atoms with Crippen LogP contribution in [0.3, 0.4) is 0 Å².